The molecule has 0 aliphatic rings. The van der Waals surface area contributed by atoms with Gasteiger partial charge in [0.1, 0.15) is 11.4 Å². The Bertz CT molecular complexity index is 1400. The van der Waals surface area contributed by atoms with Crippen molar-refractivity contribution in [2.75, 3.05) is 11.6 Å². The molecule has 30 heavy (non-hydrogen) atoms. The second kappa shape index (κ2) is 7.81. The van der Waals surface area contributed by atoms with E-state index in [-0.39, 0.29) is 10.6 Å². The number of anilines is 1. The lowest BCUT2D eigenvalue weighted by Gasteiger charge is -2.01. The Morgan fingerprint density at radius 3 is 2.57 bits per heavy atom. The van der Waals surface area contributed by atoms with Crippen LogP contribution < -0.4 is 5.32 Å². The van der Waals surface area contributed by atoms with Crippen LogP contribution in [0.2, 0.25) is 0 Å². The first kappa shape index (κ1) is 19.4. The molecule has 0 aliphatic carbocycles. The summed E-state index contributed by atoms with van der Waals surface area (Å²) in [5, 5.41) is 2.69. The van der Waals surface area contributed by atoms with Gasteiger partial charge in [-0.2, -0.15) is 0 Å². The van der Waals surface area contributed by atoms with Crippen LogP contribution in [0.15, 0.2) is 71.6 Å². The van der Waals surface area contributed by atoms with Crippen LogP contribution in [0.3, 0.4) is 0 Å². The summed E-state index contributed by atoms with van der Waals surface area (Å²) in [6, 6.07) is 18.7. The van der Waals surface area contributed by atoms with E-state index < -0.39 is 15.7 Å². The lowest BCUT2D eigenvalue weighted by molar-refractivity contribution is 0.102. The van der Waals surface area contributed by atoms with Gasteiger partial charge in [-0.1, -0.05) is 30.2 Å². The van der Waals surface area contributed by atoms with Crippen LogP contribution in [0, 0.1) is 11.8 Å². The number of H-pyrrole nitrogens is 1. The summed E-state index contributed by atoms with van der Waals surface area (Å²) in [5.74, 6) is 5.65. The summed E-state index contributed by atoms with van der Waals surface area (Å²) in [5.41, 5.74) is 2.68. The van der Waals surface area contributed by atoms with E-state index >= 15 is 0 Å². The van der Waals surface area contributed by atoms with Crippen molar-refractivity contribution in [3.8, 4) is 11.8 Å². The number of carbonyl (C=O) groups is 1. The number of amides is 1. The number of para-hydroxylation sites is 2. The third kappa shape index (κ3) is 4.37. The molecule has 4 aromatic rings. The quantitative estimate of drug-likeness (QED) is 0.500. The largest absolute Gasteiger partial charge is 0.324 e. The van der Waals surface area contributed by atoms with Crippen molar-refractivity contribution in [1.82, 2.24) is 15.0 Å². The zero-order chi connectivity index (χ0) is 21.1. The van der Waals surface area contributed by atoms with Gasteiger partial charge < -0.3 is 4.98 Å². The maximum absolute atomic E-state index is 12.5. The molecular weight excluding hydrogens is 400 g/mol. The standard InChI is InChI=1S/C22H16N4O3S/c1-30(28,29)17-8-4-6-15(14-17)12-13-16-7-5-11-20(23-16)21(27)26-22-24-18-9-2-3-10-19(18)25-22/h2-11,14H,1H3,(H2,24,25,26,27). The van der Waals surface area contributed by atoms with Crippen LogP contribution in [0.25, 0.3) is 11.0 Å². The van der Waals surface area contributed by atoms with Gasteiger partial charge in [0.15, 0.2) is 9.84 Å². The lowest BCUT2D eigenvalue weighted by atomic mass is 10.2. The first-order valence-electron chi connectivity index (χ1n) is 8.94. The van der Waals surface area contributed by atoms with Crippen LogP contribution in [-0.4, -0.2) is 35.5 Å². The molecule has 8 heteroatoms. The van der Waals surface area contributed by atoms with Gasteiger partial charge in [-0.25, -0.2) is 18.4 Å². The number of sulfone groups is 1. The molecule has 0 spiro atoms. The molecule has 0 bridgehead atoms. The van der Waals surface area contributed by atoms with E-state index in [0.29, 0.717) is 17.2 Å². The van der Waals surface area contributed by atoms with E-state index in [1.54, 1.807) is 30.3 Å². The number of aromatic nitrogens is 3. The van der Waals surface area contributed by atoms with Crippen molar-refractivity contribution < 1.29 is 13.2 Å². The first-order chi connectivity index (χ1) is 14.4. The highest BCUT2D eigenvalue weighted by Crippen LogP contribution is 2.14. The molecule has 1 amide bonds. The van der Waals surface area contributed by atoms with E-state index in [9.17, 15) is 13.2 Å². The van der Waals surface area contributed by atoms with Crippen LogP contribution in [-0.2, 0) is 9.84 Å². The number of aromatic amines is 1. The molecule has 2 aromatic heterocycles. The minimum atomic E-state index is -3.31. The molecule has 2 aromatic carbocycles. The Kier molecular flexibility index (Phi) is 5.04. The Labute approximate surface area is 173 Å². The molecule has 0 aliphatic heterocycles. The SMILES string of the molecule is CS(=O)(=O)c1cccc(C#Cc2cccc(C(=O)Nc3nc4ccccc4[nH]3)n2)c1. The molecule has 2 heterocycles. The molecule has 148 valence electrons. The van der Waals surface area contributed by atoms with Crippen LogP contribution >= 0.6 is 0 Å². The van der Waals surface area contributed by atoms with E-state index in [4.69, 9.17) is 0 Å². The molecule has 7 nitrogen and oxygen atoms in total. The number of fused-ring (bicyclic) bond motifs is 1. The Morgan fingerprint density at radius 2 is 1.77 bits per heavy atom. The maximum Gasteiger partial charge on any atom is 0.276 e. The zero-order valence-electron chi connectivity index (χ0n) is 15.9. The summed E-state index contributed by atoms with van der Waals surface area (Å²) in [6.07, 6.45) is 1.14. The molecule has 0 atom stereocenters. The smallest absolute Gasteiger partial charge is 0.276 e. The third-order valence-corrected chi connectivity index (χ3v) is 5.31. The van der Waals surface area contributed by atoms with Gasteiger partial charge >= 0.3 is 0 Å². The molecule has 0 fully saturated rings. The number of nitrogens with zero attached hydrogens (tertiary/aromatic N) is 2. The summed E-state index contributed by atoms with van der Waals surface area (Å²) in [4.78, 5) is 24.3. The number of rotatable bonds is 3. The van der Waals surface area contributed by atoms with Gasteiger partial charge in [0, 0.05) is 11.8 Å². The number of hydrogen-bond acceptors (Lipinski definition) is 5. The second-order valence-electron chi connectivity index (χ2n) is 6.51. The highest BCUT2D eigenvalue weighted by molar-refractivity contribution is 7.90. The topological polar surface area (TPSA) is 105 Å². The van der Waals surface area contributed by atoms with Crippen molar-refractivity contribution in [2.24, 2.45) is 0 Å². The first-order valence-corrected chi connectivity index (χ1v) is 10.8. The molecular formula is C22H16N4O3S. The van der Waals surface area contributed by atoms with Crippen molar-refractivity contribution in [3.63, 3.8) is 0 Å². The third-order valence-electron chi connectivity index (χ3n) is 4.20. The monoisotopic (exact) mass is 416 g/mol. The fourth-order valence-electron chi connectivity index (χ4n) is 2.76. The highest BCUT2D eigenvalue weighted by Gasteiger charge is 2.11. The van der Waals surface area contributed by atoms with Crippen molar-refractivity contribution in [3.05, 3.63) is 83.7 Å². The van der Waals surface area contributed by atoms with Crippen molar-refractivity contribution >= 4 is 32.7 Å². The summed E-state index contributed by atoms with van der Waals surface area (Å²) in [7, 11) is -3.31. The number of hydrogen-bond donors (Lipinski definition) is 2. The van der Waals surface area contributed by atoms with E-state index in [1.807, 2.05) is 24.3 Å². The van der Waals surface area contributed by atoms with E-state index in [1.165, 1.54) is 12.1 Å². The predicted molar refractivity (Wildman–Crippen MR) is 114 cm³/mol. The summed E-state index contributed by atoms with van der Waals surface area (Å²) < 4.78 is 23.3. The van der Waals surface area contributed by atoms with Gasteiger partial charge in [0.05, 0.1) is 15.9 Å². The fraction of sp³-hybridized carbons (Fsp3) is 0.0455. The van der Waals surface area contributed by atoms with Gasteiger partial charge in [-0.3, -0.25) is 10.1 Å². The van der Waals surface area contributed by atoms with E-state index in [2.05, 4.69) is 32.1 Å². The molecule has 2 N–H and O–H groups in total. The highest BCUT2D eigenvalue weighted by atomic mass is 32.2. The molecule has 0 radical (unpaired) electrons. The zero-order valence-corrected chi connectivity index (χ0v) is 16.7. The van der Waals surface area contributed by atoms with Gasteiger partial charge in [0.2, 0.25) is 5.95 Å². The number of imidazole rings is 1. The maximum atomic E-state index is 12.5. The normalized spacial score (nSPS) is 11.0. The summed E-state index contributed by atoms with van der Waals surface area (Å²) >= 11 is 0. The second-order valence-corrected chi connectivity index (χ2v) is 8.53. The summed E-state index contributed by atoms with van der Waals surface area (Å²) in [6.45, 7) is 0. The number of nitrogens with one attached hydrogen (secondary N) is 2. The fourth-order valence-corrected chi connectivity index (χ4v) is 3.42. The molecule has 0 saturated heterocycles. The van der Waals surface area contributed by atoms with Gasteiger partial charge in [-0.15, -0.1) is 0 Å². The van der Waals surface area contributed by atoms with Crippen molar-refractivity contribution in [1.29, 1.82) is 0 Å². The molecule has 4 rings (SSSR count). The Hall–Kier alpha value is -3.96. The average Bonchev–Trinajstić information content (AvgIpc) is 3.14. The minimum absolute atomic E-state index is 0.187. The van der Waals surface area contributed by atoms with Gasteiger partial charge in [-0.05, 0) is 48.4 Å². The predicted octanol–water partition coefficient (Wildman–Crippen LogP) is 3.01. The van der Waals surface area contributed by atoms with Crippen molar-refractivity contribution in [2.45, 2.75) is 4.90 Å². The van der Waals surface area contributed by atoms with E-state index in [0.717, 1.165) is 17.3 Å². The van der Waals surface area contributed by atoms with Crippen LogP contribution in [0.1, 0.15) is 21.7 Å². The van der Waals surface area contributed by atoms with Crippen LogP contribution in [0.4, 0.5) is 5.95 Å². The number of pyridine rings is 1. The Balaban J connectivity index is 1.54. The minimum Gasteiger partial charge on any atom is -0.324 e. The molecule has 0 unspecified atom stereocenters. The Morgan fingerprint density at radius 1 is 0.967 bits per heavy atom. The molecule has 0 saturated carbocycles. The van der Waals surface area contributed by atoms with Gasteiger partial charge in [0.25, 0.3) is 5.91 Å². The van der Waals surface area contributed by atoms with Crippen LogP contribution in [0.5, 0.6) is 0 Å². The number of carbonyl (C=O) groups excluding carboxylic acids is 1. The lowest BCUT2D eigenvalue weighted by Crippen LogP contribution is -2.15. The number of benzene rings is 2. The average molecular weight is 416 g/mol.